The van der Waals surface area contributed by atoms with E-state index in [1.807, 2.05) is 0 Å². The lowest BCUT2D eigenvalue weighted by atomic mass is 10.2. The van der Waals surface area contributed by atoms with Crippen molar-refractivity contribution in [1.29, 1.82) is 0 Å². The second-order valence-electron chi connectivity index (χ2n) is 3.93. The lowest BCUT2D eigenvalue weighted by molar-refractivity contribution is 0.0824. The Bertz CT molecular complexity index is 571. The van der Waals surface area contributed by atoms with Crippen molar-refractivity contribution in [3.05, 3.63) is 23.8 Å². The van der Waals surface area contributed by atoms with Gasteiger partial charge in [0.05, 0.1) is 6.54 Å². The lowest BCUT2D eigenvalue weighted by Gasteiger charge is -2.14. The highest BCUT2D eigenvalue weighted by molar-refractivity contribution is 6.08. The van der Waals surface area contributed by atoms with Gasteiger partial charge in [0, 0.05) is 12.1 Å². The molecule has 8 heteroatoms. The van der Waals surface area contributed by atoms with E-state index in [2.05, 4.69) is 0 Å². The van der Waals surface area contributed by atoms with Crippen LogP contribution in [-0.2, 0) is 0 Å². The van der Waals surface area contributed by atoms with Crippen LogP contribution >= 0.6 is 0 Å². The van der Waals surface area contributed by atoms with Crippen molar-refractivity contribution in [2.45, 2.75) is 0 Å². The Kier molecular flexibility index (Phi) is 2.99. The van der Waals surface area contributed by atoms with Crippen molar-refractivity contribution >= 4 is 18.0 Å². The molecule has 19 heavy (non-hydrogen) atoms. The van der Waals surface area contributed by atoms with E-state index in [9.17, 15) is 19.5 Å². The first-order chi connectivity index (χ1) is 8.91. The van der Waals surface area contributed by atoms with E-state index in [0.29, 0.717) is 0 Å². The predicted molar refractivity (Wildman–Crippen MR) is 62.5 cm³/mol. The van der Waals surface area contributed by atoms with Crippen LogP contribution in [0.5, 0.6) is 11.5 Å². The minimum Gasteiger partial charge on any atom is -0.504 e. The standard InChI is InChI=1S/C11H11N3O5/c12-10(18)14-4-3-13(11(14)19)9(17)6-1-2-7(15)8(16)5-6/h1-2,5,15-16H,3-4H2,(H2,12,18). The Hall–Kier alpha value is -2.77. The smallest absolute Gasteiger partial charge is 0.335 e. The molecule has 1 heterocycles. The third kappa shape index (κ3) is 2.15. The van der Waals surface area contributed by atoms with Crippen molar-refractivity contribution in [1.82, 2.24) is 9.80 Å². The van der Waals surface area contributed by atoms with Gasteiger partial charge < -0.3 is 15.9 Å². The van der Waals surface area contributed by atoms with Crippen molar-refractivity contribution in [3.8, 4) is 11.5 Å². The first kappa shape index (κ1) is 12.7. The Morgan fingerprint density at radius 2 is 1.74 bits per heavy atom. The average Bonchev–Trinajstić information content (AvgIpc) is 2.74. The second-order valence-corrected chi connectivity index (χ2v) is 3.93. The number of rotatable bonds is 1. The maximum atomic E-state index is 12.0. The maximum Gasteiger partial charge on any atom is 0.335 e. The summed E-state index contributed by atoms with van der Waals surface area (Å²) in [6.45, 7) is 0.0617. The molecule has 0 spiro atoms. The molecule has 4 N–H and O–H groups in total. The van der Waals surface area contributed by atoms with Gasteiger partial charge in [-0.15, -0.1) is 0 Å². The minimum atomic E-state index is -0.922. The van der Waals surface area contributed by atoms with Crippen LogP contribution in [0.2, 0.25) is 0 Å². The molecule has 1 aromatic carbocycles. The van der Waals surface area contributed by atoms with Crippen LogP contribution in [0.25, 0.3) is 0 Å². The third-order valence-corrected chi connectivity index (χ3v) is 2.74. The van der Waals surface area contributed by atoms with Gasteiger partial charge >= 0.3 is 12.1 Å². The van der Waals surface area contributed by atoms with Crippen molar-refractivity contribution < 1.29 is 24.6 Å². The molecule has 5 amide bonds. The molecule has 0 saturated carbocycles. The second kappa shape index (κ2) is 4.48. The van der Waals surface area contributed by atoms with Gasteiger partial charge in [-0.25, -0.2) is 14.5 Å². The number of aromatic hydroxyl groups is 2. The molecule has 8 nitrogen and oxygen atoms in total. The number of phenolic OH excluding ortho intramolecular Hbond substituents is 2. The fourth-order valence-electron chi connectivity index (χ4n) is 1.74. The van der Waals surface area contributed by atoms with E-state index in [1.54, 1.807) is 0 Å². The number of amides is 5. The monoisotopic (exact) mass is 265 g/mol. The van der Waals surface area contributed by atoms with Crippen molar-refractivity contribution in [2.75, 3.05) is 13.1 Å². The topological polar surface area (TPSA) is 124 Å². The van der Waals surface area contributed by atoms with E-state index < -0.39 is 23.7 Å². The number of nitrogens with two attached hydrogens (primary N) is 1. The molecule has 1 fully saturated rings. The number of imide groups is 2. The Balaban J connectivity index is 2.23. The largest absolute Gasteiger partial charge is 0.504 e. The minimum absolute atomic E-state index is 0.0231. The van der Waals surface area contributed by atoms with Crippen LogP contribution in [-0.4, -0.2) is 51.1 Å². The highest BCUT2D eigenvalue weighted by Crippen LogP contribution is 2.26. The molecule has 100 valence electrons. The van der Waals surface area contributed by atoms with E-state index >= 15 is 0 Å². The van der Waals surface area contributed by atoms with Gasteiger partial charge in [0.2, 0.25) is 0 Å². The molecule has 0 bridgehead atoms. The fraction of sp³-hybridized carbons (Fsp3) is 0.182. The number of phenols is 2. The summed E-state index contributed by atoms with van der Waals surface area (Å²) >= 11 is 0. The quantitative estimate of drug-likeness (QED) is 0.619. The molecular formula is C11H11N3O5. The summed E-state index contributed by atoms with van der Waals surface area (Å²) in [5, 5.41) is 18.5. The Labute approximate surface area is 107 Å². The first-order valence-corrected chi connectivity index (χ1v) is 5.36. The van der Waals surface area contributed by atoms with Gasteiger partial charge in [0.15, 0.2) is 11.5 Å². The third-order valence-electron chi connectivity index (χ3n) is 2.74. The van der Waals surface area contributed by atoms with E-state index in [4.69, 9.17) is 10.8 Å². The number of urea groups is 2. The number of benzene rings is 1. The van der Waals surface area contributed by atoms with Crippen LogP contribution in [0.3, 0.4) is 0 Å². The fourth-order valence-corrected chi connectivity index (χ4v) is 1.74. The summed E-state index contributed by atoms with van der Waals surface area (Å²) in [7, 11) is 0. The van der Waals surface area contributed by atoms with Crippen LogP contribution in [0.4, 0.5) is 9.59 Å². The number of hydrogen-bond donors (Lipinski definition) is 3. The lowest BCUT2D eigenvalue weighted by Crippen LogP contribution is -2.41. The highest BCUT2D eigenvalue weighted by atomic mass is 16.3. The molecular weight excluding hydrogens is 254 g/mol. The van der Waals surface area contributed by atoms with Crippen LogP contribution < -0.4 is 5.73 Å². The molecule has 1 aliphatic heterocycles. The van der Waals surface area contributed by atoms with Gasteiger partial charge in [-0.2, -0.15) is 0 Å². The zero-order valence-corrected chi connectivity index (χ0v) is 9.74. The summed E-state index contributed by atoms with van der Waals surface area (Å²) in [4.78, 5) is 36.3. The molecule has 0 radical (unpaired) electrons. The molecule has 1 saturated heterocycles. The van der Waals surface area contributed by atoms with Crippen molar-refractivity contribution in [2.24, 2.45) is 5.73 Å². The number of hydrogen-bond acceptors (Lipinski definition) is 5. The molecule has 1 aliphatic rings. The zero-order chi connectivity index (χ0) is 14.2. The molecule has 0 unspecified atom stereocenters. The Morgan fingerprint density at radius 1 is 1.11 bits per heavy atom. The summed E-state index contributed by atoms with van der Waals surface area (Å²) in [5.74, 6) is -1.52. The molecule has 0 atom stereocenters. The van der Waals surface area contributed by atoms with Crippen LogP contribution in [0, 0.1) is 0 Å². The zero-order valence-electron chi connectivity index (χ0n) is 9.74. The SMILES string of the molecule is NC(=O)N1CCN(C(=O)c2ccc(O)c(O)c2)C1=O. The summed E-state index contributed by atoms with van der Waals surface area (Å²) in [5.41, 5.74) is 5.01. The van der Waals surface area contributed by atoms with Gasteiger partial charge in [-0.3, -0.25) is 9.69 Å². The first-order valence-electron chi connectivity index (χ1n) is 5.36. The Morgan fingerprint density at radius 3 is 2.26 bits per heavy atom. The number of nitrogens with zero attached hydrogens (tertiary/aromatic N) is 2. The van der Waals surface area contributed by atoms with Crippen LogP contribution in [0.15, 0.2) is 18.2 Å². The average molecular weight is 265 g/mol. The van der Waals surface area contributed by atoms with Gasteiger partial charge in [0.1, 0.15) is 0 Å². The number of carbonyl (C=O) groups is 3. The molecule has 0 aromatic heterocycles. The van der Waals surface area contributed by atoms with Gasteiger partial charge in [-0.05, 0) is 18.2 Å². The molecule has 0 aliphatic carbocycles. The maximum absolute atomic E-state index is 12.0. The predicted octanol–water partition coefficient (Wildman–Crippen LogP) is 0.0543. The molecule has 1 aromatic rings. The van der Waals surface area contributed by atoms with Gasteiger partial charge in [0.25, 0.3) is 5.91 Å². The summed E-state index contributed by atoms with van der Waals surface area (Å²) < 4.78 is 0. The van der Waals surface area contributed by atoms with E-state index in [-0.39, 0.29) is 24.4 Å². The summed E-state index contributed by atoms with van der Waals surface area (Å²) in [6.07, 6.45) is 0. The van der Waals surface area contributed by atoms with Crippen LogP contribution in [0.1, 0.15) is 10.4 Å². The van der Waals surface area contributed by atoms with E-state index in [0.717, 1.165) is 21.9 Å². The highest BCUT2D eigenvalue weighted by Gasteiger charge is 2.36. The normalized spacial score (nSPS) is 14.8. The van der Waals surface area contributed by atoms with Crippen molar-refractivity contribution in [3.63, 3.8) is 0 Å². The molecule has 2 rings (SSSR count). The number of primary amides is 1. The number of carbonyl (C=O) groups excluding carboxylic acids is 3. The summed E-state index contributed by atoms with van der Waals surface area (Å²) in [6, 6.07) is 1.71. The van der Waals surface area contributed by atoms with E-state index in [1.165, 1.54) is 6.07 Å². The van der Waals surface area contributed by atoms with Gasteiger partial charge in [-0.1, -0.05) is 0 Å².